The molecule has 0 aromatic rings. The SMILES string of the molecule is COC(C)(C)[C@@H]1CCCN1/N=C1/C=CCCC1. The molecule has 0 saturated carbocycles. The van der Waals surface area contributed by atoms with Crippen LogP contribution < -0.4 is 0 Å². The zero-order chi connectivity index (χ0) is 12.3. The number of hydrogen-bond acceptors (Lipinski definition) is 3. The molecule has 0 unspecified atom stereocenters. The van der Waals surface area contributed by atoms with Crippen molar-refractivity contribution in [3.8, 4) is 0 Å². The highest BCUT2D eigenvalue weighted by Gasteiger charge is 2.37. The van der Waals surface area contributed by atoms with Gasteiger partial charge in [0.1, 0.15) is 0 Å². The average Bonchev–Trinajstić information content (AvgIpc) is 2.79. The number of nitrogens with zero attached hydrogens (tertiary/aromatic N) is 2. The summed E-state index contributed by atoms with van der Waals surface area (Å²) in [6.45, 7) is 5.38. The molecule has 0 N–H and O–H groups in total. The van der Waals surface area contributed by atoms with Gasteiger partial charge in [0, 0.05) is 13.7 Å². The van der Waals surface area contributed by atoms with Gasteiger partial charge in [0.25, 0.3) is 0 Å². The van der Waals surface area contributed by atoms with Gasteiger partial charge in [0.05, 0.1) is 17.4 Å². The van der Waals surface area contributed by atoms with E-state index in [0.29, 0.717) is 6.04 Å². The molecule has 0 radical (unpaired) electrons. The monoisotopic (exact) mass is 236 g/mol. The van der Waals surface area contributed by atoms with Crippen LogP contribution in [-0.2, 0) is 4.74 Å². The van der Waals surface area contributed by atoms with Crippen LogP contribution in [0.4, 0.5) is 0 Å². The highest BCUT2D eigenvalue weighted by atomic mass is 16.5. The first-order valence-corrected chi connectivity index (χ1v) is 6.69. The van der Waals surface area contributed by atoms with E-state index in [4.69, 9.17) is 9.84 Å². The van der Waals surface area contributed by atoms with Crippen LogP contribution in [0.25, 0.3) is 0 Å². The van der Waals surface area contributed by atoms with Crippen LogP contribution in [0.2, 0.25) is 0 Å². The third-order valence-corrected chi connectivity index (χ3v) is 3.92. The summed E-state index contributed by atoms with van der Waals surface area (Å²) < 4.78 is 5.61. The van der Waals surface area contributed by atoms with Crippen molar-refractivity contribution in [1.29, 1.82) is 0 Å². The molecule has 1 aliphatic carbocycles. The first kappa shape index (κ1) is 12.6. The first-order valence-electron chi connectivity index (χ1n) is 6.69. The maximum absolute atomic E-state index is 5.61. The topological polar surface area (TPSA) is 24.8 Å². The summed E-state index contributed by atoms with van der Waals surface area (Å²) >= 11 is 0. The van der Waals surface area contributed by atoms with Crippen LogP contribution >= 0.6 is 0 Å². The van der Waals surface area contributed by atoms with Crippen molar-refractivity contribution in [1.82, 2.24) is 5.01 Å². The molecular formula is C14H24N2O. The van der Waals surface area contributed by atoms with Gasteiger partial charge < -0.3 is 4.74 Å². The number of ether oxygens (including phenoxy) is 1. The highest BCUT2D eigenvalue weighted by molar-refractivity contribution is 5.95. The van der Waals surface area contributed by atoms with Gasteiger partial charge in [-0.25, -0.2) is 0 Å². The fraction of sp³-hybridized carbons (Fsp3) is 0.786. The molecule has 17 heavy (non-hydrogen) atoms. The van der Waals surface area contributed by atoms with Gasteiger partial charge in [-0.05, 0) is 52.0 Å². The van der Waals surface area contributed by atoms with Crippen LogP contribution in [0.5, 0.6) is 0 Å². The Hall–Kier alpha value is -0.830. The summed E-state index contributed by atoms with van der Waals surface area (Å²) in [5.74, 6) is 0. The number of allylic oxidation sites excluding steroid dienone is 2. The average molecular weight is 236 g/mol. The largest absolute Gasteiger partial charge is 0.377 e. The number of hydrazone groups is 1. The second-order valence-electron chi connectivity index (χ2n) is 5.51. The molecule has 3 nitrogen and oxygen atoms in total. The van der Waals surface area contributed by atoms with Gasteiger partial charge in [-0.15, -0.1) is 0 Å². The lowest BCUT2D eigenvalue weighted by atomic mass is 9.97. The standard InChI is InChI=1S/C14H24N2O/c1-14(2,17-3)13-10-7-11-16(13)15-12-8-5-4-6-9-12/h5,8,13H,4,6-7,9-11H2,1-3H3/b15-12-/t13-/m0/s1. The zero-order valence-corrected chi connectivity index (χ0v) is 11.3. The Balaban J connectivity index is 2.09. The molecule has 1 saturated heterocycles. The van der Waals surface area contributed by atoms with Crippen LogP contribution in [0.1, 0.15) is 46.0 Å². The van der Waals surface area contributed by atoms with Gasteiger partial charge in [-0.1, -0.05) is 6.08 Å². The predicted molar refractivity (Wildman–Crippen MR) is 71.2 cm³/mol. The lowest BCUT2D eigenvalue weighted by Gasteiger charge is -2.35. The fourth-order valence-corrected chi connectivity index (χ4v) is 2.67. The second kappa shape index (κ2) is 5.21. The molecule has 0 spiro atoms. The van der Waals surface area contributed by atoms with E-state index in [1.807, 2.05) is 0 Å². The van der Waals surface area contributed by atoms with Crippen molar-refractivity contribution < 1.29 is 4.74 Å². The predicted octanol–water partition coefficient (Wildman–Crippen LogP) is 2.97. The summed E-state index contributed by atoms with van der Waals surface area (Å²) in [6, 6.07) is 0.412. The van der Waals surface area contributed by atoms with E-state index in [0.717, 1.165) is 13.0 Å². The molecule has 1 aliphatic heterocycles. The van der Waals surface area contributed by atoms with E-state index in [-0.39, 0.29) is 5.60 Å². The van der Waals surface area contributed by atoms with Crippen molar-refractivity contribution in [2.75, 3.05) is 13.7 Å². The third-order valence-electron chi connectivity index (χ3n) is 3.92. The third kappa shape index (κ3) is 2.89. The lowest BCUT2D eigenvalue weighted by Crippen LogP contribution is -2.45. The molecule has 1 heterocycles. The smallest absolute Gasteiger partial charge is 0.0841 e. The van der Waals surface area contributed by atoms with Gasteiger partial charge in [0.2, 0.25) is 0 Å². The Labute approximate surface area is 105 Å². The first-order chi connectivity index (χ1) is 8.13. The molecule has 0 bridgehead atoms. The Bertz CT molecular complexity index is 320. The molecule has 1 fully saturated rings. The highest BCUT2D eigenvalue weighted by Crippen LogP contribution is 2.29. The quantitative estimate of drug-likeness (QED) is 0.752. The summed E-state index contributed by atoms with van der Waals surface area (Å²) in [7, 11) is 1.80. The van der Waals surface area contributed by atoms with Crippen LogP contribution in [0.3, 0.4) is 0 Å². The zero-order valence-electron chi connectivity index (χ0n) is 11.3. The van der Waals surface area contributed by atoms with Crippen molar-refractivity contribution in [3.05, 3.63) is 12.2 Å². The minimum absolute atomic E-state index is 0.112. The molecule has 2 rings (SSSR count). The summed E-state index contributed by atoms with van der Waals surface area (Å²) in [4.78, 5) is 0. The second-order valence-corrected chi connectivity index (χ2v) is 5.51. The molecule has 0 amide bonds. The number of methoxy groups -OCH3 is 1. The van der Waals surface area contributed by atoms with Crippen LogP contribution in [0.15, 0.2) is 17.3 Å². The molecule has 3 heteroatoms. The maximum atomic E-state index is 5.61. The summed E-state index contributed by atoms with van der Waals surface area (Å²) in [6.07, 6.45) is 10.4. The Morgan fingerprint density at radius 1 is 1.41 bits per heavy atom. The van der Waals surface area contributed by atoms with E-state index in [2.05, 4.69) is 31.0 Å². The Kier molecular flexibility index (Phi) is 3.87. The van der Waals surface area contributed by atoms with Crippen molar-refractivity contribution in [2.24, 2.45) is 5.10 Å². The summed E-state index contributed by atoms with van der Waals surface area (Å²) in [5.41, 5.74) is 1.12. The minimum Gasteiger partial charge on any atom is -0.377 e. The van der Waals surface area contributed by atoms with Crippen LogP contribution in [0, 0.1) is 0 Å². The maximum Gasteiger partial charge on any atom is 0.0841 e. The van der Waals surface area contributed by atoms with Gasteiger partial charge in [-0.2, -0.15) is 5.10 Å². The van der Waals surface area contributed by atoms with Gasteiger partial charge in [0.15, 0.2) is 0 Å². The van der Waals surface area contributed by atoms with E-state index >= 15 is 0 Å². The van der Waals surface area contributed by atoms with Crippen molar-refractivity contribution >= 4 is 5.71 Å². The number of rotatable bonds is 3. The van der Waals surface area contributed by atoms with Crippen molar-refractivity contribution in [2.45, 2.75) is 57.6 Å². The van der Waals surface area contributed by atoms with E-state index in [1.165, 1.54) is 31.4 Å². The molecule has 1 atom stereocenters. The Morgan fingerprint density at radius 2 is 2.24 bits per heavy atom. The summed E-state index contributed by atoms with van der Waals surface area (Å²) in [5, 5.41) is 7.06. The normalized spacial score (nSPS) is 28.1. The van der Waals surface area contributed by atoms with Crippen molar-refractivity contribution in [3.63, 3.8) is 0 Å². The molecular weight excluding hydrogens is 212 g/mol. The van der Waals surface area contributed by atoms with Crippen LogP contribution in [-0.4, -0.2) is 36.0 Å². The number of hydrogen-bond donors (Lipinski definition) is 0. The lowest BCUT2D eigenvalue weighted by molar-refractivity contribution is -0.0395. The molecule has 0 aromatic carbocycles. The molecule has 96 valence electrons. The Morgan fingerprint density at radius 3 is 2.88 bits per heavy atom. The molecule has 2 aliphatic rings. The fourth-order valence-electron chi connectivity index (χ4n) is 2.67. The van der Waals surface area contributed by atoms with E-state index < -0.39 is 0 Å². The molecule has 0 aromatic heterocycles. The van der Waals surface area contributed by atoms with E-state index in [1.54, 1.807) is 7.11 Å². The van der Waals surface area contributed by atoms with E-state index in [9.17, 15) is 0 Å². The van der Waals surface area contributed by atoms with Gasteiger partial charge in [-0.3, -0.25) is 5.01 Å². The van der Waals surface area contributed by atoms with Gasteiger partial charge >= 0.3 is 0 Å². The minimum atomic E-state index is -0.112.